The fraction of sp³-hybridized carbons (Fsp3) is 0.0250. The normalized spacial score (nSPS) is 13.5. The van der Waals surface area contributed by atoms with Crippen molar-refractivity contribution in [1.29, 1.82) is 2.25 Å². The fourth-order valence-electron chi connectivity index (χ4n) is 7.17. The van der Waals surface area contributed by atoms with Crippen LogP contribution in [0, 0.1) is 0 Å². The lowest BCUT2D eigenvalue weighted by Gasteiger charge is -2.30. The van der Waals surface area contributed by atoms with Gasteiger partial charge in [-0.15, -0.1) is 0 Å². The maximum atomic E-state index is 5.79. The van der Waals surface area contributed by atoms with Gasteiger partial charge in [-0.3, -0.25) is 0 Å². The molecule has 0 saturated carbocycles. The number of hydrogen-bond acceptors (Lipinski definition) is 3. The van der Waals surface area contributed by atoms with E-state index in [9.17, 15) is 0 Å². The Morgan fingerprint density at radius 1 is 0.386 bits per heavy atom. The Balaban J connectivity index is 0.00000100. The molecule has 1 spiro atoms. The first-order valence-electron chi connectivity index (χ1n) is 15.4. The van der Waals surface area contributed by atoms with Crippen molar-refractivity contribution in [3.8, 4) is 56.4 Å². The smallest absolute Gasteiger partial charge is 0.164 e. The van der Waals surface area contributed by atoms with Crippen molar-refractivity contribution >= 4 is 13.3 Å². The van der Waals surface area contributed by atoms with Gasteiger partial charge in [-0.1, -0.05) is 146 Å². The standard InChI is InChI=1S/C40H25N3.H2S/c1-3-13-26(14-4-1)37-41-38(27-15-5-2-6-16-27)43-39(42-37)28-23-24-32-31-19-9-12-22-35(31)40(36(32)25-28)33-20-10-7-17-29(33)30-18-8-11-21-34(30)40;/h1-25H;1H2/i/hT2. The maximum Gasteiger partial charge on any atom is 0.164 e. The van der Waals surface area contributed by atoms with Crippen LogP contribution >= 0.6 is 13.3 Å². The minimum Gasteiger partial charge on any atom is -0.208 e. The van der Waals surface area contributed by atoms with Crippen LogP contribution in [0.5, 0.6) is 0 Å². The van der Waals surface area contributed by atoms with Gasteiger partial charge in [0.05, 0.1) is 7.66 Å². The van der Waals surface area contributed by atoms with Gasteiger partial charge in [-0.2, -0.15) is 13.3 Å². The van der Waals surface area contributed by atoms with Gasteiger partial charge in [0, 0.05) is 16.7 Å². The van der Waals surface area contributed by atoms with E-state index in [2.05, 4.69) is 115 Å². The molecule has 2 aliphatic rings. The van der Waals surface area contributed by atoms with Crippen molar-refractivity contribution in [2.45, 2.75) is 5.41 Å². The molecule has 0 fully saturated rings. The summed E-state index contributed by atoms with van der Waals surface area (Å²) in [5.41, 5.74) is 12.9. The molecule has 44 heavy (non-hydrogen) atoms. The van der Waals surface area contributed by atoms with E-state index in [1.165, 1.54) is 44.5 Å². The van der Waals surface area contributed by atoms with Crippen LogP contribution < -0.4 is 0 Å². The predicted octanol–water partition coefficient (Wildman–Crippen LogP) is 9.33. The van der Waals surface area contributed by atoms with E-state index in [1.807, 2.05) is 36.4 Å². The monoisotopic (exact) mass is 585 g/mol. The number of benzene rings is 6. The number of fused-ring (bicyclic) bond motifs is 10. The molecule has 0 bridgehead atoms. The summed E-state index contributed by atoms with van der Waals surface area (Å²) >= 11 is 0.250. The molecule has 9 rings (SSSR count). The number of nitrogens with zero attached hydrogens (tertiary/aromatic N) is 3. The zero-order chi connectivity index (χ0) is 31.1. The molecule has 3 nitrogen and oxygen atoms in total. The molecule has 0 amide bonds. The quantitative estimate of drug-likeness (QED) is 0.207. The first kappa shape index (κ1) is 24.2. The molecule has 208 valence electrons. The molecule has 2 aliphatic carbocycles. The highest BCUT2D eigenvalue weighted by molar-refractivity contribution is 7.59. The third-order valence-electron chi connectivity index (χ3n) is 8.95. The van der Waals surface area contributed by atoms with E-state index in [0.717, 1.165) is 16.7 Å². The Morgan fingerprint density at radius 3 is 1.20 bits per heavy atom. The second-order valence-corrected chi connectivity index (χ2v) is 11.2. The second-order valence-electron chi connectivity index (χ2n) is 11.2. The third kappa shape index (κ3) is 3.68. The summed E-state index contributed by atoms with van der Waals surface area (Å²) < 4.78 is 11.6. The Kier molecular flexibility index (Phi) is 5.57. The fourth-order valence-corrected chi connectivity index (χ4v) is 7.17. The third-order valence-corrected chi connectivity index (χ3v) is 8.95. The van der Waals surface area contributed by atoms with Gasteiger partial charge >= 0.3 is 0 Å². The SMILES string of the molecule is [3H]S[3H].c1ccc(-c2nc(-c3ccccc3)nc(-c3ccc4c(c3)C3(c5ccccc5-c5ccccc53)c3ccccc3-4)n2)cc1. The summed E-state index contributed by atoms with van der Waals surface area (Å²) in [7, 11) is 0. The van der Waals surface area contributed by atoms with Gasteiger partial charge in [0.25, 0.3) is 0 Å². The van der Waals surface area contributed by atoms with Crippen LogP contribution in [-0.2, 0) is 5.41 Å². The van der Waals surface area contributed by atoms with Crippen LogP contribution in [0.3, 0.4) is 0 Å². The largest absolute Gasteiger partial charge is 0.208 e. The minimum absolute atomic E-state index is 0.250. The van der Waals surface area contributed by atoms with E-state index >= 15 is 0 Å². The average Bonchev–Trinajstić information content (AvgIpc) is 3.60. The minimum atomic E-state index is -0.410. The van der Waals surface area contributed by atoms with Crippen LogP contribution in [0.4, 0.5) is 0 Å². The van der Waals surface area contributed by atoms with E-state index < -0.39 is 5.41 Å². The number of rotatable bonds is 3. The first-order valence-corrected chi connectivity index (χ1v) is 14.6. The molecule has 7 aromatic rings. The predicted molar refractivity (Wildman–Crippen MR) is 183 cm³/mol. The highest BCUT2D eigenvalue weighted by Gasteiger charge is 2.51. The molecule has 1 heterocycles. The summed E-state index contributed by atoms with van der Waals surface area (Å²) in [6, 6.07) is 53.7. The van der Waals surface area contributed by atoms with Crippen LogP contribution in [0.1, 0.15) is 22.3 Å². The van der Waals surface area contributed by atoms with Gasteiger partial charge in [0.15, 0.2) is 17.5 Å². The van der Waals surface area contributed by atoms with Crippen molar-refractivity contribution in [3.63, 3.8) is 0 Å². The molecule has 6 aromatic carbocycles. The average molecular weight is 586 g/mol. The Bertz CT molecular complexity index is 2100. The molecule has 0 N–H and O–H groups in total. The van der Waals surface area contributed by atoms with Gasteiger partial charge in [0.1, 0.15) is 0 Å². The second kappa shape index (κ2) is 10.1. The number of aromatic nitrogens is 3. The van der Waals surface area contributed by atoms with E-state index in [0.29, 0.717) is 17.5 Å². The first-order chi connectivity index (χ1) is 22.7. The lowest BCUT2D eigenvalue weighted by Crippen LogP contribution is -2.25. The summed E-state index contributed by atoms with van der Waals surface area (Å²) in [6.45, 7) is 0. The van der Waals surface area contributed by atoms with Gasteiger partial charge < -0.3 is 0 Å². The summed E-state index contributed by atoms with van der Waals surface area (Å²) in [4.78, 5) is 15.0. The molecular weight excluding hydrogens is 555 g/mol. The van der Waals surface area contributed by atoms with Gasteiger partial charge in [-0.25, -0.2) is 15.0 Å². The highest BCUT2D eigenvalue weighted by Crippen LogP contribution is 2.62. The van der Waals surface area contributed by atoms with Crippen molar-refractivity contribution in [1.82, 2.24) is 15.0 Å². The van der Waals surface area contributed by atoms with Crippen LogP contribution in [0.2, 0.25) is 0 Å². The van der Waals surface area contributed by atoms with Gasteiger partial charge in [0.2, 0.25) is 0 Å². The molecular formula is C40H27N3S. The lowest BCUT2D eigenvalue weighted by molar-refractivity contribution is 0.794. The maximum absolute atomic E-state index is 5.79. The van der Waals surface area contributed by atoms with Crippen LogP contribution in [0.15, 0.2) is 152 Å². The Hall–Kier alpha value is -5.32. The Morgan fingerprint density at radius 2 is 0.750 bits per heavy atom. The van der Waals surface area contributed by atoms with Crippen LogP contribution in [0.25, 0.3) is 56.4 Å². The van der Waals surface area contributed by atoms with Crippen LogP contribution in [-0.4, -0.2) is 17.2 Å². The molecule has 1 aromatic heterocycles. The topological polar surface area (TPSA) is 38.7 Å². The Labute approximate surface area is 265 Å². The zero-order valence-electron chi connectivity index (χ0n) is 25.7. The molecule has 0 saturated heterocycles. The molecule has 0 aliphatic heterocycles. The summed E-state index contributed by atoms with van der Waals surface area (Å²) in [6.07, 6.45) is 0. The molecule has 4 heteroatoms. The molecule has 0 atom stereocenters. The lowest BCUT2D eigenvalue weighted by atomic mass is 9.70. The van der Waals surface area contributed by atoms with Crippen molar-refractivity contribution in [2.75, 3.05) is 0 Å². The van der Waals surface area contributed by atoms with E-state index in [4.69, 9.17) is 17.2 Å². The summed E-state index contributed by atoms with van der Waals surface area (Å²) in [5.74, 6) is 2.00. The summed E-state index contributed by atoms with van der Waals surface area (Å²) in [5, 5.41) is 0. The molecule has 0 radical (unpaired) electrons. The number of hydrogen-bond donors (Lipinski definition) is 0. The van der Waals surface area contributed by atoms with Crippen molar-refractivity contribution < 1.29 is 0 Å². The van der Waals surface area contributed by atoms with E-state index in [1.54, 1.807) is 0 Å². The van der Waals surface area contributed by atoms with Gasteiger partial charge in [-0.05, 0) is 50.6 Å². The van der Waals surface area contributed by atoms with Crippen molar-refractivity contribution in [3.05, 3.63) is 174 Å². The molecule has 0 unspecified atom stereocenters. The zero-order valence-corrected chi connectivity index (χ0v) is 24.5. The van der Waals surface area contributed by atoms with E-state index in [-0.39, 0.29) is 13.3 Å². The highest BCUT2D eigenvalue weighted by atomic mass is 32.1. The van der Waals surface area contributed by atoms with Crippen molar-refractivity contribution in [2.24, 2.45) is 0 Å².